The number of amides is 2. The number of ketones is 1. The van der Waals surface area contributed by atoms with Crippen LogP contribution in [0.25, 0.3) is 0 Å². The molecule has 2 aromatic rings. The van der Waals surface area contributed by atoms with Gasteiger partial charge in [-0.1, -0.05) is 0 Å². The largest absolute Gasteiger partial charge is 0.479 e. The Hall–Kier alpha value is -4.66. The predicted molar refractivity (Wildman–Crippen MR) is 133 cm³/mol. The fraction of sp³-hybridized carbons (Fsp3) is 0.360. The standard InChI is InChI=1S/C25H24N2O12S/c1-11(28)38-12(2)39-25(35)27-6-5-17-14-8-18(40-17)21(26-24(34)22(14)27)23(33)13-3-4-15(36-9-19(29)30)16(7-13)37-10-20(31)32/h3-4,7-8,12,21-22H,5-6,9-10H2,1-2H3,(H,26,34)(H,29,30)(H,31,32). The average Bonchev–Trinajstić information content (AvgIpc) is 3.25. The summed E-state index contributed by atoms with van der Waals surface area (Å²) < 4.78 is 20.3. The van der Waals surface area contributed by atoms with Crippen molar-refractivity contribution in [3.8, 4) is 11.5 Å². The molecule has 0 aliphatic carbocycles. The number of Topliss-reactive ketones (excluding diaryl/α,β-unsaturated/α-hetero) is 1. The normalized spacial score (nSPS) is 18.1. The number of aliphatic carboxylic acids is 2. The van der Waals surface area contributed by atoms with Crippen LogP contribution in [0.5, 0.6) is 11.5 Å². The second-order valence-electron chi connectivity index (χ2n) is 8.77. The summed E-state index contributed by atoms with van der Waals surface area (Å²) in [4.78, 5) is 75.4. The quantitative estimate of drug-likeness (QED) is 0.211. The van der Waals surface area contributed by atoms with Crippen molar-refractivity contribution < 1.29 is 57.9 Å². The first-order valence-electron chi connectivity index (χ1n) is 11.9. The van der Waals surface area contributed by atoms with Crippen LogP contribution in [0.3, 0.4) is 0 Å². The van der Waals surface area contributed by atoms with Crippen molar-refractivity contribution in [3.63, 3.8) is 0 Å². The van der Waals surface area contributed by atoms with E-state index in [9.17, 15) is 28.8 Å². The summed E-state index contributed by atoms with van der Waals surface area (Å²) in [5.74, 6) is -4.66. The molecule has 4 rings (SSSR count). The molecular weight excluding hydrogens is 552 g/mol. The highest BCUT2D eigenvalue weighted by Gasteiger charge is 2.43. The molecule has 3 heterocycles. The Balaban J connectivity index is 1.59. The minimum absolute atomic E-state index is 0.0341. The molecular formula is C25H24N2O12S. The molecule has 40 heavy (non-hydrogen) atoms. The zero-order chi connectivity index (χ0) is 29.1. The van der Waals surface area contributed by atoms with Crippen LogP contribution in [0.15, 0.2) is 24.3 Å². The summed E-state index contributed by atoms with van der Waals surface area (Å²) in [6.45, 7) is 1.19. The molecule has 2 amide bonds. The zero-order valence-corrected chi connectivity index (χ0v) is 22.0. The van der Waals surface area contributed by atoms with Crippen LogP contribution in [-0.2, 0) is 35.1 Å². The molecule has 3 N–H and O–H groups in total. The number of hydrogen-bond acceptors (Lipinski definition) is 11. The second kappa shape index (κ2) is 11.6. The summed E-state index contributed by atoms with van der Waals surface area (Å²) in [6, 6.07) is 3.27. The van der Waals surface area contributed by atoms with E-state index in [1.807, 2.05) is 0 Å². The zero-order valence-electron chi connectivity index (χ0n) is 21.2. The van der Waals surface area contributed by atoms with E-state index < -0.39 is 67.3 Å². The van der Waals surface area contributed by atoms with Gasteiger partial charge in [0.05, 0.1) is 0 Å². The van der Waals surface area contributed by atoms with Gasteiger partial charge < -0.3 is 34.5 Å². The number of carbonyl (C=O) groups is 6. The Labute approximate surface area is 230 Å². The number of benzene rings is 1. The molecule has 2 aliphatic heterocycles. The van der Waals surface area contributed by atoms with Gasteiger partial charge in [-0.15, -0.1) is 11.3 Å². The molecule has 0 radical (unpaired) electrons. The number of carboxylic acids is 2. The number of rotatable bonds is 10. The van der Waals surface area contributed by atoms with Crippen LogP contribution in [0, 0.1) is 0 Å². The molecule has 0 saturated heterocycles. The number of fused-ring (bicyclic) bond motifs is 1. The van der Waals surface area contributed by atoms with E-state index in [0.29, 0.717) is 16.9 Å². The third kappa shape index (κ3) is 6.14. The highest BCUT2D eigenvalue weighted by Crippen LogP contribution is 2.42. The summed E-state index contributed by atoms with van der Waals surface area (Å²) in [5, 5.41) is 20.5. The fourth-order valence-electron chi connectivity index (χ4n) is 4.33. The van der Waals surface area contributed by atoms with Crippen LogP contribution >= 0.6 is 11.3 Å². The van der Waals surface area contributed by atoms with Crippen molar-refractivity contribution in [1.82, 2.24) is 10.2 Å². The summed E-state index contributed by atoms with van der Waals surface area (Å²) in [7, 11) is 0. The first kappa shape index (κ1) is 28.4. The Kier molecular flexibility index (Phi) is 8.23. The number of carbonyl (C=O) groups excluding carboxylic acids is 4. The van der Waals surface area contributed by atoms with Gasteiger partial charge in [-0.25, -0.2) is 14.4 Å². The number of esters is 1. The van der Waals surface area contributed by atoms with Crippen molar-refractivity contribution in [2.24, 2.45) is 0 Å². The topological polar surface area (TPSA) is 195 Å². The predicted octanol–water partition coefficient (Wildman–Crippen LogP) is 1.67. The minimum Gasteiger partial charge on any atom is -0.479 e. The number of carboxylic acid groups (broad SMARTS) is 2. The van der Waals surface area contributed by atoms with E-state index in [2.05, 4.69) is 5.32 Å². The first-order chi connectivity index (χ1) is 18.9. The van der Waals surface area contributed by atoms with Gasteiger partial charge >= 0.3 is 24.0 Å². The van der Waals surface area contributed by atoms with E-state index in [0.717, 1.165) is 11.8 Å². The van der Waals surface area contributed by atoms with E-state index >= 15 is 0 Å². The summed E-state index contributed by atoms with van der Waals surface area (Å²) in [6.07, 6.45) is -1.63. The van der Waals surface area contributed by atoms with E-state index in [1.165, 1.54) is 41.4 Å². The highest BCUT2D eigenvalue weighted by molar-refractivity contribution is 7.12. The van der Waals surface area contributed by atoms with Crippen molar-refractivity contribution in [2.45, 2.75) is 38.6 Å². The van der Waals surface area contributed by atoms with Crippen LogP contribution in [0.2, 0.25) is 0 Å². The molecule has 0 fully saturated rings. The van der Waals surface area contributed by atoms with Crippen molar-refractivity contribution >= 4 is 47.0 Å². The molecule has 3 atom stereocenters. The number of nitrogens with one attached hydrogen (secondary N) is 1. The number of thiophene rings is 1. The van der Waals surface area contributed by atoms with E-state index in [1.54, 1.807) is 6.07 Å². The van der Waals surface area contributed by atoms with Gasteiger partial charge in [-0.2, -0.15) is 0 Å². The third-order valence-corrected chi connectivity index (χ3v) is 7.17. The second-order valence-corrected chi connectivity index (χ2v) is 9.93. The maximum Gasteiger partial charge on any atom is 0.413 e. The lowest BCUT2D eigenvalue weighted by Crippen LogP contribution is -2.48. The molecule has 0 saturated carbocycles. The van der Waals surface area contributed by atoms with Gasteiger partial charge in [0.15, 0.2) is 30.5 Å². The SMILES string of the molecule is CC(=O)OC(C)OC(=O)N1CCc2sc3cc2C1C(=O)NC3C(=O)c1ccc(OCC(=O)O)c(OCC(=O)O)c1. The maximum atomic E-state index is 13.6. The average molecular weight is 577 g/mol. The van der Waals surface area contributed by atoms with Crippen molar-refractivity contribution in [3.05, 3.63) is 45.1 Å². The van der Waals surface area contributed by atoms with Crippen LogP contribution in [-0.4, -0.2) is 76.9 Å². The maximum absolute atomic E-state index is 13.6. The molecule has 2 bridgehead atoms. The van der Waals surface area contributed by atoms with Gasteiger partial charge in [0.2, 0.25) is 12.2 Å². The highest BCUT2D eigenvalue weighted by atomic mass is 32.1. The Morgan fingerprint density at radius 3 is 2.38 bits per heavy atom. The number of ether oxygens (including phenoxy) is 4. The van der Waals surface area contributed by atoms with Gasteiger partial charge in [0.25, 0.3) is 0 Å². The van der Waals surface area contributed by atoms with Crippen molar-refractivity contribution in [1.29, 1.82) is 0 Å². The molecule has 1 aromatic heterocycles. The van der Waals surface area contributed by atoms with Gasteiger partial charge in [0, 0.05) is 35.7 Å². The fourth-order valence-corrected chi connectivity index (χ4v) is 5.56. The van der Waals surface area contributed by atoms with Crippen molar-refractivity contribution in [2.75, 3.05) is 19.8 Å². The lowest BCUT2D eigenvalue weighted by Gasteiger charge is -2.35. The monoisotopic (exact) mass is 576 g/mol. The molecule has 3 unspecified atom stereocenters. The van der Waals surface area contributed by atoms with Gasteiger partial charge in [-0.05, 0) is 36.2 Å². The molecule has 14 nitrogen and oxygen atoms in total. The molecule has 212 valence electrons. The molecule has 15 heteroatoms. The Morgan fingerprint density at radius 2 is 1.73 bits per heavy atom. The lowest BCUT2D eigenvalue weighted by atomic mass is 10.00. The first-order valence-corrected chi connectivity index (χ1v) is 12.7. The van der Waals surface area contributed by atoms with Gasteiger partial charge in [0.1, 0.15) is 12.1 Å². The smallest absolute Gasteiger partial charge is 0.413 e. The molecule has 1 aromatic carbocycles. The Morgan fingerprint density at radius 1 is 1.05 bits per heavy atom. The van der Waals surface area contributed by atoms with Crippen LogP contribution < -0.4 is 14.8 Å². The number of hydrogen-bond donors (Lipinski definition) is 3. The number of nitrogens with zero attached hydrogens (tertiary/aromatic N) is 1. The lowest BCUT2D eigenvalue weighted by molar-refractivity contribution is -0.164. The molecule has 0 spiro atoms. The van der Waals surface area contributed by atoms with Gasteiger partial charge in [-0.3, -0.25) is 19.3 Å². The minimum atomic E-state index is -1.30. The summed E-state index contributed by atoms with van der Waals surface area (Å²) in [5.41, 5.74) is 0.589. The van der Waals surface area contributed by atoms with E-state index in [-0.39, 0.29) is 23.6 Å². The van der Waals surface area contributed by atoms with E-state index in [4.69, 9.17) is 29.2 Å². The van der Waals surface area contributed by atoms with Crippen LogP contribution in [0.4, 0.5) is 4.79 Å². The molecule has 2 aliphatic rings. The Bertz CT molecular complexity index is 1390. The third-order valence-electron chi connectivity index (χ3n) is 5.89. The van der Waals surface area contributed by atoms with Crippen LogP contribution in [0.1, 0.15) is 51.6 Å². The summed E-state index contributed by atoms with van der Waals surface area (Å²) >= 11 is 1.31.